The SMILES string of the molecule is CCC(O)CN(CCO)c1ccccc1. The number of nitrogens with zero attached hydrogens (tertiary/aromatic N) is 1. The molecule has 1 atom stereocenters. The number of hydrogen-bond acceptors (Lipinski definition) is 3. The van der Waals surface area contributed by atoms with Crippen LogP contribution in [0.3, 0.4) is 0 Å². The number of benzene rings is 1. The Morgan fingerprint density at radius 2 is 1.93 bits per heavy atom. The van der Waals surface area contributed by atoms with Gasteiger partial charge in [0.05, 0.1) is 12.7 Å². The molecule has 1 unspecified atom stereocenters. The second-order valence-electron chi connectivity index (χ2n) is 3.57. The molecule has 3 nitrogen and oxygen atoms in total. The van der Waals surface area contributed by atoms with Gasteiger partial charge in [0.2, 0.25) is 0 Å². The van der Waals surface area contributed by atoms with E-state index in [4.69, 9.17) is 5.11 Å². The van der Waals surface area contributed by atoms with Crippen molar-refractivity contribution in [2.75, 3.05) is 24.6 Å². The summed E-state index contributed by atoms with van der Waals surface area (Å²) in [5, 5.41) is 18.6. The van der Waals surface area contributed by atoms with Crippen molar-refractivity contribution in [1.82, 2.24) is 0 Å². The van der Waals surface area contributed by atoms with E-state index in [-0.39, 0.29) is 12.7 Å². The summed E-state index contributed by atoms with van der Waals surface area (Å²) < 4.78 is 0. The van der Waals surface area contributed by atoms with E-state index in [1.807, 2.05) is 42.2 Å². The zero-order chi connectivity index (χ0) is 11.1. The van der Waals surface area contributed by atoms with Crippen LogP contribution in [-0.4, -0.2) is 36.0 Å². The van der Waals surface area contributed by atoms with Gasteiger partial charge in [-0.05, 0) is 18.6 Å². The molecule has 0 spiro atoms. The maximum Gasteiger partial charge on any atom is 0.0712 e. The Bertz CT molecular complexity index is 264. The fourth-order valence-corrected chi connectivity index (χ4v) is 1.47. The number of para-hydroxylation sites is 1. The van der Waals surface area contributed by atoms with Gasteiger partial charge in [0.25, 0.3) is 0 Å². The molecule has 0 aliphatic heterocycles. The smallest absolute Gasteiger partial charge is 0.0712 e. The van der Waals surface area contributed by atoms with Gasteiger partial charge in [0.1, 0.15) is 0 Å². The third kappa shape index (κ3) is 3.90. The molecule has 0 saturated heterocycles. The lowest BCUT2D eigenvalue weighted by molar-refractivity contribution is 0.173. The van der Waals surface area contributed by atoms with E-state index in [1.54, 1.807) is 0 Å². The first-order valence-electron chi connectivity index (χ1n) is 5.36. The summed E-state index contributed by atoms with van der Waals surface area (Å²) in [5.41, 5.74) is 1.04. The Hall–Kier alpha value is -1.06. The lowest BCUT2D eigenvalue weighted by atomic mass is 10.2. The van der Waals surface area contributed by atoms with Crippen molar-refractivity contribution in [3.63, 3.8) is 0 Å². The molecule has 15 heavy (non-hydrogen) atoms. The average Bonchev–Trinajstić information content (AvgIpc) is 2.29. The zero-order valence-corrected chi connectivity index (χ0v) is 9.13. The van der Waals surface area contributed by atoms with Gasteiger partial charge in [-0.1, -0.05) is 25.1 Å². The molecule has 0 aliphatic rings. The van der Waals surface area contributed by atoms with Crippen molar-refractivity contribution in [1.29, 1.82) is 0 Å². The van der Waals surface area contributed by atoms with Gasteiger partial charge < -0.3 is 15.1 Å². The normalized spacial score (nSPS) is 12.5. The van der Waals surface area contributed by atoms with Crippen LogP contribution in [0.2, 0.25) is 0 Å². The van der Waals surface area contributed by atoms with Crippen LogP contribution < -0.4 is 4.90 Å². The van der Waals surface area contributed by atoms with Gasteiger partial charge in [0.15, 0.2) is 0 Å². The second kappa shape index (κ2) is 6.43. The van der Waals surface area contributed by atoms with Crippen molar-refractivity contribution in [2.45, 2.75) is 19.4 Å². The largest absolute Gasteiger partial charge is 0.395 e. The standard InChI is InChI=1S/C12H19NO2/c1-2-12(15)10-13(8-9-14)11-6-4-3-5-7-11/h3-7,12,14-15H,2,8-10H2,1H3. The van der Waals surface area contributed by atoms with Crippen molar-refractivity contribution in [3.8, 4) is 0 Å². The van der Waals surface area contributed by atoms with Gasteiger partial charge in [-0.15, -0.1) is 0 Å². The molecule has 84 valence electrons. The molecule has 1 aromatic rings. The summed E-state index contributed by atoms with van der Waals surface area (Å²) in [5.74, 6) is 0. The summed E-state index contributed by atoms with van der Waals surface area (Å²) in [4.78, 5) is 1.99. The number of aliphatic hydroxyl groups is 2. The predicted molar refractivity (Wildman–Crippen MR) is 62.0 cm³/mol. The molecule has 0 heterocycles. The zero-order valence-electron chi connectivity index (χ0n) is 9.13. The van der Waals surface area contributed by atoms with Crippen molar-refractivity contribution in [2.24, 2.45) is 0 Å². The highest BCUT2D eigenvalue weighted by atomic mass is 16.3. The van der Waals surface area contributed by atoms with Crippen LogP contribution in [0.1, 0.15) is 13.3 Å². The highest BCUT2D eigenvalue weighted by Crippen LogP contribution is 2.13. The number of anilines is 1. The summed E-state index contributed by atoms with van der Waals surface area (Å²) >= 11 is 0. The summed E-state index contributed by atoms with van der Waals surface area (Å²) in [6.45, 7) is 3.18. The number of rotatable bonds is 6. The first kappa shape index (κ1) is 12.0. The van der Waals surface area contributed by atoms with Crippen LogP contribution in [0.5, 0.6) is 0 Å². The quantitative estimate of drug-likeness (QED) is 0.741. The van der Waals surface area contributed by atoms with E-state index < -0.39 is 0 Å². The minimum atomic E-state index is -0.336. The lowest BCUT2D eigenvalue weighted by Crippen LogP contribution is -2.34. The summed E-state index contributed by atoms with van der Waals surface area (Å²) in [6, 6.07) is 9.84. The minimum absolute atomic E-state index is 0.103. The van der Waals surface area contributed by atoms with E-state index >= 15 is 0 Å². The average molecular weight is 209 g/mol. The van der Waals surface area contributed by atoms with Crippen molar-refractivity contribution >= 4 is 5.69 Å². The lowest BCUT2D eigenvalue weighted by Gasteiger charge is -2.26. The van der Waals surface area contributed by atoms with E-state index in [9.17, 15) is 5.11 Å². The van der Waals surface area contributed by atoms with Crippen LogP contribution in [-0.2, 0) is 0 Å². The fraction of sp³-hybridized carbons (Fsp3) is 0.500. The molecule has 0 radical (unpaired) electrons. The maximum atomic E-state index is 9.59. The molecule has 3 heteroatoms. The first-order chi connectivity index (χ1) is 7.27. The fourth-order valence-electron chi connectivity index (χ4n) is 1.47. The van der Waals surface area contributed by atoms with Gasteiger partial charge in [-0.2, -0.15) is 0 Å². The molecule has 0 aliphatic carbocycles. The van der Waals surface area contributed by atoms with Crippen molar-refractivity contribution < 1.29 is 10.2 Å². The van der Waals surface area contributed by atoms with Crippen LogP contribution in [0.4, 0.5) is 5.69 Å². The Balaban J connectivity index is 2.65. The monoisotopic (exact) mass is 209 g/mol. The van der Waals surface area contributed by atoms with Crippen LogP contribution in [0.15, 0.2) is 30.3 Å². The van der Waals surface area contributed by atoms with E-state index in [2.05, 4.69) is 0 Å². The maximum absolute atomic E-state index is 9.59. The van der Waals surface area contributed by atoms with E-state index in [0.29, 0.717) is 13.1 Å². The highest BCUT2D eigenvalue weighted by Gasteiger charge is 2.09. The van der Waals surface area contributed by atoms with Gasteiger partial charge in [-0.3, -0.25) is 0 Å². The molecule has 2 N–H and O–H groups in total. The summed E-state index contributed by atoms with van der Waals surface area (Å²) in [7, 11) is 0. The molecule has 1 rings (SSSR count). The Morgan fingerprint density at radius 3 is 2.47 bits per heavy atom. The molecule has 1 aromatic carbocycles. The first-order valence-corrected chi connectivity index (χ1v) is 5.36. The van der Waals surface area contributed by atoms with E-state index in [0.717, 1.165) is 12.1 Å². The van der Waals surface area contributed by atoms with Gasteiger partial charge >= 0.3 is 0 Å². The predicted octanol–water partition coefficient (Wildman–Crippen LogP) is 1.26. The minimum Gasteiger partial charge on any atom is -0.395 e. The Kier molecular flexibility index (Phi) is 5.15. The summed E-state index contributed by atoms with van der Waals surface area (Å²) in [6.07, 6.45) is 0.395. The Morgan fingerprint density at radius 1 is 1.27 bits per heavy atom. The second-order valence-corrected chi connectivity index (χ2v) is 3.57. The molecule has 0 saturated carbocycles. The molecule has 0 fully saturated rings. The van der Waals surface area contributed by atoms with Crippen LogP contribution >= 0.6 is 0 Å². The third-order valence-electron chi connectivity index (χ3n) is 2.39. The number of aliphatic hydroxyl groups excluding tert-OH is 2. The van der Waals surface area contributed by atoms with Gasteiger partial charge in [0, 0.05) is 18.8 Å². The van der Waals surface area contributed by atoms with Crippen LogP contribution in [0, 0.1) is 0 Å². The van der Waals surface area contributed by atoms with Gasteiger partial charge in [-0.25, -0.2) is 0 Å². The third-order valence-corrected chi connectivity index (χ3v) is 2.39. The van der Waals surface area contributed by atoms with Crippen molar-refractivity contribution in [3.05, 3.63) is 30.3 Å². The van der Waals surface area contributed by atoms with E-state index in [1.165, 1.54) is 0 Å². The topological polar surface area (TPSA) is 43.7 Å². The molecular formula is C12H19NO2. The highest BCUT2D eigenvalue weighted by molar-refractivity contribution is 5.46. The number of hydrogen-bond donors (Lipinski definition) is 2. The molecule has 0 amide bonds. The molecular weight excluding hydrogens is 190 g/mol. The molecule has 0 aromatic heterocycles. The Labute approximate surface area is 91.0 Å². The molecule has 0 bridgehead atoms. The van der Waals surface area contributed by atoms with Crippen LogP contribution in [0.25, 0.3) is 0 Å².